The van der Waals surface area contributed by atoms with E-state index in [1.54, 1.807) is 11.3 Å². The molecule has 106 valence electrons. The molecule has 1 aliphatic heterocycles. The van der Waals surface area contributed by atoms with Crippen LogP contribution >= 0.6 is 23.1 Å². The maximum atomic E-state index is 12.7. The summed E-state index contributed by atoms with van der Waals surface area (Å²) < 4.78 is 0. The summed E-state index contributed by atoms with van der Waals surface area (Å²) in [5.74, 6) is 2.43. The lowest BCUT2D eigenvalue weighted by molar-refractivity contribution is 0.0680. The Hall–Kier alpha value is -0.520. The predicted molar refractivity (Wildman–Crippen MR) is 84.4 cm³/mol. The Bertz CT molecular complexity index is 431. The molecule has 2 rings (SSSR count). The average molecular weight is 298 g/mol. The molecule has 1 aromatic rings. The zero-order chi connectivity index (χ0) is 13.8. The van der Waals surface area contributed by atoms with Gasteiger partial charge in [-0.05, 0) is 50.2 Å². The van der Waals surface area contributed by atoms with Gasteiger partial charge in [0.2, 0.25) is 0 Å². The topological polar surface area (TPSA) is 23.6 Å². The highest BCUT2D eigenvalue weighted by molar-refractivity contribution is 7.99. The van der Waals surface area contributed by atoms with Crippen LogP contribution in [0.2, 0.25) is 0 Å². The Kier molecular flexibility index (Phi) is 5.30. The predicted octanol–water partition coefficient (Wildman–Crippen LogP) is 2.57. The van der Waals surface area contributed by atoms with Crippen LogP contribution in [0.4, 0.5) is 0 Å². The number of amides is 1. The van der Waals surface area contributed by atoms with Gasteiger partial charge in [0.05, 0.1) is 10.9 Å². The Morgan fingerprint density at radius 3 is 2.95 bits per heavy atom. The molecule has 19 heavy (non-hydrogen) atoms. The summed E-state index contributed by atoms with van der Waals surface area (Å²) in [6.07, 6.45) is 1.10. The van der Waals surface area contributed by atoms with E-state index in [0.29, 0.717) is 6.04 Å². The second kappa shape index (κ2) is 6.77. The number of rotatable bonds is 3. The van der Waals surface area contributed by atoms with Crippen molar-refractivity contribution < 1.29 is 4.79 Å². The molecular formula is C14H22N2OS2. The lowest BCUT2D eigenvalue weighted by Crippen LogP contribution is -2.46. The average Bonchev–Trinajstić information content (AvgIpc) is 2.65. The minimum absolute atomic E-state index is 0.215. The minimum Gasteiger partial charge on any atom is -0.333 e. The summed E-state index contributed by atoms with van der Waals surface area (Å²) in [5.41, 5.74) is 1.18. The summed E-state index contributed by atoms with van der Waals surface area (Å²) in [5, 5.41) is 2.06. The van der Waals surface area contributed by atoms with Gasteiger partial charge in [-0.25, -0.2) is 0 Å². The first-order chi connectivity index (χ1) is 9.08. The molecule has 1 atom stereocenters. The van der Waals surface area contributed by atoms with Gasteiger partial charge in [0, 0.05) is 18.8 Å². The zero-order valence-electron chi connectivity index (χ0n) is 11.9. The monoisotopic (exact) mass is 298 g/mol. The highest BCUT2D eigenvalue weighted by atomic mass is 32.2. The first kappa shape index (κ1) is 14.9. The molecule has 3 nitrogen and oxygen atoms in total. The number of hydrogen-bond donors (Lipinski definition) is 0. The first-order valence-corrected chi connectivity index (χ1v) is 8.70. The number of likely N-dealkylation sites (N-methyl/N-ethyl adjacent to an activating group) is 1. The summed E-state index contributed by atoms with van der Waals surface area (Å²) in [6.45, 7) is 3.88. The van der Waals surface area contributed by atoms with Gasteiger partial charge in [0.1, 0.15) is 0 Å². The Morgan fingerprint density at radius 2 is 2.32 bits per heavy atom. The fraction of sp³-hybridized carbons (Fsp3) is 0.643. The van der Waals surface area contributed by atoms with Crippen molar-refractivity contribution in [3.8, 4) is 0 Å². The molecule has 1 fully saturated rings. The third-order valence-electron chi connectivity index (χ3n) is 3.22. The van der Waals surface area contributed by atoms with Crippen LogP contribution in [0.5, 0.6) is 0 Å². The van der Waals surface area contributed by atoms with E-state index in [0.717, 1.165) is 35.9 Å². The van der Waals surface area contributed by atoms with Crippen molar-refractivity contribution in [3.05, 3.63) is 21.9 Å². The zero-order valence-corrected chi connectivity index (χ0v) is 13.5. The second-order valence-corrected chi connectivity index (χ2v) is 7.39. The normalized spacial score (nSPS) is 20.6. The largest absolute Gasteiger partial charge is 0.333 e. The third kappa shape index (κ3) is 3.97. The third-order valence-corrected chi connectivity index (χ3v) is 5.45. The standard InChI is InChI=1S/C14H22N2OS2/c1-11-7-13(19-9-11)14(17)16-5-4-6-18-10-12(16)8-15(2)3/h7,9,12H,4-6,8,10H2,1-3H3. The molecule has 1 amide bonds. The molecule has 2 heterocycles. The van der Waals surface area contributed by atoms with Gasteiger partial charge in [-0.15, -0.1) is 11.3 Å². The number of carbonyl (C=O) groups is 1. The van der Waals surface area contributed by atoms with Crippen molar-refractivity contribution in [2.24, 2.45) is 0 Å². The molecule has 5 heteroatoms. The minimum atomic E-state index is 0.215. The molecule has 0 bridgehead atoms. The van der Waals surface area contributed by atoms with E-state index in [2.05, 4.69) is 29.3 Å². The van der Waals surface area contributed by atoms with E-state index < -0.39 is 0 Å². The molecule has 0 aromatic carbocycles. The molecule has 0 spiro atoms. The van der Waals surface area contributed by atoms with Crippen molar-refractivity contribution in [1.29, 1.82) is 0 Å². The molecule has 1 unspecified atom stereocenters. The van der Waals surface area contributed by atoms with Crippen LogP contribution in [0.25, 0.3) is 0 Å². The highest BCUT2D eigenvalue weighted by Crippen LogP contribution is 2.22. The van der Waals surface area contributed by atoms with Crippen LogP contribution < -0.4 is 0 Å². The van der Waals surface area contributed by atoms with E-state index in [4.69, 9.17) is 0 Å². The number of thioether (sulfide) groups is 1. The van der Waals surface area contributed by atoms with Gasteiger partial charge < -0.3 is 9.80 Å². The van der Waals surface area contributed by atoms with Gasteiger partial charge in [-0.2, -0.15) is 11.8 Å². The number of thiophene rings is 1. The van der Waals surface area contributed by atoms with Crippen molar-refractivity contribution in [2.45, 2.75) is 19.4 Å². The van der Waals surface area contributed by atoms with Crippen molar-refractivity contribution in [2.75, 3.05) is 38.7 Å². The molecule has 1 aromatic heterocycles. The summed E-state index contributed by atoms with van der Waals surface area (Å²) in [7, 11) is 4.15. The Morgan fingerprint density at radius 1 is 1.53 bits per heavy atom. The Balaban J connectivity index is 2.14. The van der Waals surface area contributed by atoms with Gasteiger partial charge in [0.25, 0.3) is 5.91 Å². The number of aryl methyl sites for hydroxylation is 1. The molecule has 0 saturated carbocycles. The lowest BCUT2D eigenvalue weighted by atomic mass is 10.2. The van der Waals surface area contributed by atoms with Crippen LogP contribution in [0.3, 0.4) is 0 Å². The van der Waals surface area contributed by atoms with E-state index in [1.807, 2.05) is 24.8 Å². The first-order valence-electron chi connectivity index (χ1n) is 6.66. The van der Waals surface area contributed by atoms with Crippen LogP contribution in [0, 0.1) is 6.92 Å². The molecule has 0 radical (unpaired) electrons. The van der Waals surface area contributed by atoms with Crippen LogP contribution in [0.1, 0.15) is 21.7 Å². The molecule has 0 N–H and O–H groups in total. The van der Waals surface area contributed by atoms with Gasteiger partial charge in [-0.3, -0.25) is 4.79 Å². The molecule has 1 aliphatic rings. The molecular weight excluding hydrogens is 276 g/mol. The van der Waals surface area contributed by atoms with E-state index in [-0.39, 0.29) is 5.91 Å². The summed E-state index contributed by atoms with van der Waals surface area (Å²) in [4.78, 5) is 17.8. The van der Waals surface area contributed by atoms with Crippen LogP contribution in [-0.2, 0) is 0 Å². The summed E-state index contributed by atoms with van der Waals surface area (Å²) >= 11 is 3.54. The smallest absolute Gasteiger partial charge is 0.264 e. The Labute approximate surface area is 124 Å². The van der Waals surface area contributed by atoms with Crippen LogP contribution in [-0.4, -0.2) is 60.4 Å². The maximum absolute atomic E-state index is 12.7. The number of hydrogen-bond acceptors (Lipinski definition) is 4. The fourth-order valence-electron chi connectivity index (χ4n) is 2.35. The van der Waals surface area contributed by atoms with Gasteiger partial charge >= 0.3 is 0 Å². The lowest BCUT2D eigenvalue weighted by Gasteiger charge is -2.31. The number of carbonyl (C=O) groups excluding carboxylic acids is 1. The van der Waals surface area contributed by atoms with E-state index in [9.17, 15) is 4.79 Å². The molecule has 0 aliphatic carbocycles. The quantitative estimate of drug-likeness (QED) is 0.857. The number of nitrogens with zero attached hydrogens (tertiary/aromatic N) is 2. The molecule has 1 saturated heterocycles. The van der Waals surface area contributed by atoms with E-state index in [1.165, 1.54) is 5.56 Å². The second-order valence-electron chi connectivity index (χ2n) is 5.33. The van der Waals surface area contributed by atoms with E-state index >= 15 is 0 Å². The maximum Gasteiger partial charge on any atom is 0.264 e. The van der Waals surface area contributed by atoms with Crippen molar-refractivity contribution in [3.63, 3.8) is 0 Å². The SMILES string of the molecule is Cc1csc(C(=O)N2CCCSCC2CN(C)C)c1. The van der Waals surface area contributed by atoms with Gasteiger partial charge in [0.15, 0.2) is 0 Å². The fourth-order valence-corrected chi connectivity index (χ4v) is 4.26. The van der Waals surface area contributed by atoms with Crippen molar-refractivity contribution in [1.82, 2.24) is 9.80 Å². The van der Waals surface area contributed by atoms with Gasteiger partial charge in [-0.1, -0.05) is 0 Å². The van der Waals surface area contributed by atoms with Crippen LogP contribution in [0.15, 0.2) is 11.4 Å². The highest BCUT2D eigenvalue weighted by Gasteiger charge is 2.27. The van der Waals surface area contributed by atoms with Crippen molar-refractivity contribution >= 4 is 29.0 Å². The summed E-state index contributed by atoms with van der Waals surface area (Å²) in [6, 6.07) is 2.34.